The highest BCUT2D eigenvalue weighted by atomic mass is 16.5. The second-order valence-electron chi connectivity index (χ2n) is 8.17. The van der Waals surface area contributed by atoms with E-state index in [4.69, 9.17) is 9.47 Å². The largest absolute Gasteiger partial charge is 0.497 e. The lowest BCUT2D eigenvalue weighted by Gasteiger charge is -2.10. The first-order valence-electron chi connectivity index (χ1n) is 10.4. The summed E-state index contributed by atoms with van der Waals surface area (Å²) in [5.74, 6) is 2.31. The van der Waals surface area contributed by atoms with Crippen molar-refractivity contribution in [2.75, 3.05) is 24.9 Å². The minimum absolute atomic E-state index is 0.0569. The van der Waals surface area contributed by atoms with Crippen molar-refractivity contribution in [2.24, 2.45) is 0 Å². The van der Waals surface area contributed by atoms with E-state index in [-0.39, 0.29) is 11.8 Å². The molecule has 1 aliphatic heterocycles. The van der Waals surface area contributed by atoms with Gasteiger partial charge in [-0.1, -0.05) is 6.07 Å². The number of hydrogen-bond donors (Lipinski definition) is 3. The molecule has 1 saturated carbocycles. The highest BCUT2D eigenvalue weighted by molar-refractivity contribution is 6.10. The van der Waals surface area contributed by atoms with E-state index in [0.717, 1.165) is 45.6 Å². The van der Waals surface area contributed by atoms with Gasteiger partial charge in [-0.2, -0.15) is 5.10 Å². The van der Waals surface area contributed by atoms with Crippen LogP contribution in [0.1, 0.15) is 23.5 Å². The maximum Gasteiger partial charge on any atom is 0.235 e. The number of fused-ring (bicyclic) bond motifs is 3. The molecule has 6 rings (SSSR count). The molecule has 3 N–H and O–H groups in total. The Bertz CT molecular complexity index is 1380. The van der Waals surface area contributed by atoms with Gasteiger partial charge in [-0.3, -0.25) is 14.9 Å². The van der Waals surface area contributed by atoms with Crippen LogP contribution in [0.25, 0.3) is 10.9 Å². The second-order valence-corrected chi connectivity index (χ2v) is 8.17. The number of rotatable bonds is 5. The van der Waals surface area contributed by atoms with Crippen LogP contribution in [0.3, 0.4) is 0 Å². The van der Waals surface area contributed by atoms with Crippen LogP contribution in [0.4, 0.5) is 17.2 Å². The van der Waals surface area contributed by atoms with Crippen LogP contribution in [-0.2, 0) is 10.2 Å². The summed E-state index contributed by atoms with van der Waals surface area (Å²) in [4.78, 5) is 17.1. The quantitative estimate of drug-likeness (QED) is 0.443. The molecule has 1 amide bonds. The summed E-state index contributed by atoms with van der Waals surface area (Å²) in [6, 6.07) is 13.8. The molecule has 8 heteroatoms. The Morgan fingerprint density at radius 1 is 1.12 bits per heavy atom. The molecule has 2 aromatic heterocycles. The van der Waals surface area contributed by atoms with Gasteiger partial charge in [0.2, 0.25) is 5.91 Å². The van der Waals surface area contributed by atoms with Gasteiger partial charge < -0.3 is 20.1 Å². The molecular weight excluding hydrogens is 406 g/mol. The molecule has 1 aliphatic carbocycles. The fourth-order valence-electron chi connectivity index (χ4n) is 4.83. The second kappa shape index (κ2) is 6.71. The van der Waals surface area contributed by atoms with E-state index in [1.165, 1.54) is 0 Å². The zero-order chi connectivity index (χ0) is 21.9. The predicted octanol–water partition coefficient (Wildman–Crippen LogP) is 4.10. The molecule has 32 heavy (non-hydrogen) atoms. The number of amides is 1. The average molecular weight is 427 g/mol. The number of nitrogens with zero attached hydrogens (tertiary/aromatic N) is 2. The lowest BCUT2D eigenvalue weighted by Crippen LogP contribution is -2.21. The average Bonchev–Trinajstić information content (AvgIpc) is 3.38. The van der Waals surface area contributed by atoms with Crippen molar-refractivity contribution in [3.8, 4) is 11.5 Å². The van der Waals surface area contributed by atoms with E-state index in [1.807, 2.05) is 24.3 Å². The van der Waals surface area contributed by atoms with Gasteiger partial charge in [0.15, 0.2) is 5.82 Å². The Hall–Kier alpha value is -4.07. The normalized spacial score (nSPS) is 20.8. The van der Waals surface area contributed by atoms with E-state index in [9.17, 15) is 4.79 Å². The molecule has 1 fully saturated rings. The Kier molecular flexibility index (Phi) is 3.92. The maximum atomic E-state index is 12.9. The third-order valence-electron chi connectivity index (χ3n) is 6.56. The number of methoxy groups -OCH3 is 2. The van der Waals surface area contributed by atoms with Crippen molar-refractivity contribution < 1.29 is 14.3 Å². The number of aromatic nitrogens is 3. The molecular formula is C24H21N5O3. The Morgan fingerprint density at radius 2 is 2.03 bits per heavy atom. The summed E-state index contributed by atoms with van der Waals surface area (Å²) in [7, 11) is 3.26. The van der Waals surface area contributed by atoms with Crippen molar-refractivity contribution in [2.45, 2.75) is 17.8 Å². The van der Waals surface area contributed by atoms with E-state index < -0.39 is 5.41 Å². The maximum absolute atomic E-state index is 12.9. The van der Waals surface area contributed by atoms with Crippen LogP contribution >= 0.6 is 0 Å². The summed E-state index contributed by atoms with van der Waals surface area (Å²) < 4.78 is 10.8. The van der Waals surface area contributed by atoms with Gasteiger partial charge in [-0.05, 0) is 47.9 Å². The standard InChI is InChI=1S/C24H21N5O3/c1-31-14-4-6-18-16(10-14)24(23(30)27-18)11-17(24)13-3-5-15-19(9-13)28-29-22(15)26-20-12-25-8-7-21(20)32-2/h3-10,12,17H,11H2,1-2H3,(H,27,30)(H2,26,28,29)/t17-,24-/m0/s1. The summed E-state index contributed by atoms with van der Waals surface area (Å²) in [6.07, 6.45) is 4.15. The van der Waals surface area contributed by atoms with Crippen LogP contribution in [0.15, 0.2) is 54.9 Å². The topological polar surface area (TPSA) is 101 Å². The van der Waals surface area contributed by atoms with Gasteiger partial charge in [0.25, 0.3) is 0 Å². The van der Waals surface area contributed by atoms with Crippen molar-refractivity contribution >= 4 is 34.0 Å². The predicted molar refractivity (Wildman–Crippen MR) is 121 cm³/mol. The van der Waals surface area contributed by atoms with Crippen LogP contribution in [0, 0.1) is 0 Å². The number of H-pyrrole nitrogens is 1. The minimum Gasteiger partial charge on any atom is -0.497 e. The minimum atomic E-state index is -0.526. The van der Waals surface area contributed by atoms with E-state index in [2.05, 4.69) is 37.9 Å². The molecule has 2 atom stereocenters. The third-order valence-corrected chi connectivity index (χ3v) is 6.56. The van der Waals surface area contributed by atoms with Crippen LogP contribution < -0.4 is 20.1 Å². The lowest BCUT2D eigenvalue weighted by atomic mass is 9.91. The van der Waals surface area contributed by atoms with Gasteiger partial charge in [-0.15, -0.1) is 0 Å². The van der Waals surface area contributed by atoms with E-state index in [0.29, 0.717) is 11.6 Å². The summed E-state index contributed by atoms with van der Waals surface area (Å²) in [6.45, 7) is 0. The van der Waals surface area contributed by atoms with Gasteiger partial charge >= 0.3 is 0 Å². The van der Waals surface area contributed by atoms with Crippen molar-refractivity contribution in [3.05, 3.63) is 66.0 Å². The molecule has 2 aromatic carbocycles. The first-order valence-corrected chi connectivity index (χ1v) is 10.4. The fraction of sp³-hybridized carbons (Fsp3) is 0.208. The Balaban J connectivity index is 1.33. The first-order chi connectivity index (χ1) is 15.6. The van der Waals surface area contributed by atoms with Gasteiger partial charge in [-0.25, -0.2) is 0 Å². The molecule has 0 unspecified atom stereocenters. The molecule has 4 aromatic rings. The number of hydrogen-bond acceptors (Lipinski definition) is 6. The van der Waals surface area contributed by atoms with Crippen molar-refractivity contribution in [1.82, 2.24) is 15.2 Å². The summed E-state index contributed by atoms with van der Waals surface area (Å²) in [5.41, 5.74) is 4.11. The highest BCUT2D eigenvalue weighted by Crippen LogP contribution is 2.65. The number of benzene rings is 2. The third kappa shape index (κ3) is 2.59. The molecule has 0 saturated heterocycles. The molecule has 3 heterocycles. The Morgan fingerprint density at radius 3 is 2.88 bits per heavy atom. The summed E-state index contributed by atoms with van der Waals surface area (Å²) in [5, 5.41) is 14.8. The smallest absolute Gasteiger partial charge is 0.235 e. The lowest BCUT2D eigenvalue weighted by molar-refractivity contribution is -0.118. The van der Waals surface area contributed by atoms with Gasteiger partial charge in [0.1, 0.15) is 17.2 Å². The van der Waals surface area contributed by atoms with E-state index >= 15 is 0 Å². The zero-order valence-corrected chi connectivity index (χ0v) is 17.6. The van der Waals surface area contributed by atoms with Crippen LogP contribution in [-0.4, -0.2) is 35.3 Å². The van der Waals surface area contributed by atoms with Crippen molar-refractivity contribution in [1.29, 1.82) is 0 Å². The zero-order valence-electron chi connectivity index (χ0n) is 17.6. The number of pyridine rings is 1. The fourth-order valence-corrected chi connectivity index (χ4v) is 4.83. The molecule has 2 aliphatic rings. The van der Waals surface area contributed by atoms with Crippen molar-refractivity contribution in [3.63, 3.8) is 0 Å². The number of carbonyl (C=O) groups excluding carboxylic acids is 1. The van der Waals surface area contributed by atoms with Gasteiger partial charge in [0, 0.05) is 29.3 Å². The number of ether oxygens (including phenoxy) is 2. The number of aromatic amines is 1. The number of carbonyl (C=O) groups is 1. The summed E-state index contributed by atoms with van der Waals surface area (Å²) >= 11 is 0. The van der Waals surface area contributed by atoms with E-state index in [1.54, 1.807) is 32.7 Å². The Labute approximate surface area is 184 Å². The molecule has 0 radical (unpaired) electrons. The first kappa shape index (κ1) is 18.7. The SMILES string of the molecule is COc1ccc2c(c1)[C@]1(C[C@H]1c1ccc3c(Nc4cnccc4OC)n[nH]c3c1)C(=O)N2. The highest BCUT2D eigenvalue weighted by Gasteiger charge is 2.65. The number of anilines is 3. The van der Waals surface area contributed by atoms with Crippen LogP contribution in [0.2, 0.25) is 0 Å². The molecule has 1 spiro atoms. The molecule has 160 valence electrons. The monoisotopic (exact) mass is 427 g/mol. The number of nitrogens with one attached hydrogen (secondary N) is 3. The van der Waals surface area contributed by atoms with Gasteiger partial charge in [0.05, 0.1) is 31.3 Å². The molecule has 8 nitrogen and oxygen atoms in total. The van der Waals surface area contributed by atoms with Crippen LogP contribution in [0.5, 0.6) is 11.5 Å². The molecule has 0 bridgehead atoms.